The van der Waals surface area contributed by atoms with Gasteiger partial charge < -0.3 is 0 Å². The summed E-state index contributed by atoms with van der Waals surface area (Å²) in [7, 11) is -6.60. The zero-order valence-electron chi connectivity index (χ0n) is 21.6. The first-order valence-electron chi connectivity index (χ1n) is 12.1. The van der Waals surface area contributed by atoms with Crippen LogP contribution in [-0.4, -0.2) is 39.3 Å². The molecule has 39 heavy (non-hydrogen) atoms. The van der Waals surface area contributed by atoms with Crippen LogP contribution in [0.1, 0.15) is 33.9 Å². The Labute approximate surface area is 232 Å². The van der Waals surface area contributed by atoms with Gasteiger partial charge in [-0.3, -0.25) is 4.98 Å². The Bertz CT molecular complexity index is 1910. The second kappa shape index (κ2) is 10.5. The Hall–Kier alpha value is -3.66. The van der Waals surface area contributed by atoms with E-state index in [-0.39, 0.29) is 4.90 Å². The monoisotopic (exact) mass is 574 g/mol. The molecule has 0 N–H and O–H groups in total. The number of rotatable bonds is 7. The van der Waals surface area contributed by atoms with Crippen molar-refractivity contribution < 1.29 is 16.8 Å². The van der Waals surface area contributed by atoms with Gasteiger partial charge >= 0.3 is 0 Å². The third-order valence-electron chi connectivity index (χ3n) is 6.60. The van der Waals surface area contributed by atoms with Crippen molar-refractivity contribution in [3.8, 4) is 11.1 Å². The molecular weight excluding hydrogens is 549 g/mol. The fourth-order valence-electron chi connectivity index (χ4n) is 4.39. The minimum absolute atomic E-state index is 0.259. The summed E-state index contributed by atoms with van der Waals surface area (Å²) >= 11 is 1.50. The van der Waals surface area contributed by atoms with Gasteiger partial charge in [0.05, 0.1) is 15.7 Å². The first-order valence-corrected chi connectivity index (χ1v) is 16.8. The second-order valence-electron chi connectivity index (χ2n) is 9.43. The Morgan fingerprint density at radius 2 is 1.64 bits per heavy atom. The van der Waals surface area contributed by atoms with Gasteiger partial charge in [0, 0.05) is 46.8 Å². The van der Waals surface area contributed by atoms with Gasteiger partial charge in [0.2, 0.25) is 0 Å². The maximum absolute atomic E-state index is 12.4. The lowest BCUT2D eigenvalue weighted by molar-refractivity contribution is 0.592. The molecule has 2 aromatic heterocycles. The van der Waals surface area contributed by atoms with Gasteiger partial charge in [-0.1, -0.05) is 36.4 Å². The maximum atomic E-state index is 12.4. The van der Waals surface area contributed by atoms with Crippen LogP contribution >= 0.6 is 11.3 Å². The van der Waals surface area contributed by atoms with Crippen molar-refractivity contribution in [1.29, 1.82) is 0 Å². The number of nitrogens with zero attached hydrogens (tertiary/aromatic N) is 2. The molecule has 0 radical (unpaired) electrons. The summed E-state index contributed by atoms with van der Waals surface area (Å²) in [5.74, 6) is 0. The molecule has 0 aliphatic carbocycles. The van der Waals surface area contributed by atoms with Crippen molar-refractivity contribution in [3.63, 3.8) is 0 Å². The molecule has 0 bridgehead atoms. The zero-order valence-corrected chi connectivity index (χ0v) is 24.0. The van der Waals surface area contributed by atoms with E-state index in [9.17, 15) is 16.8 Å². The van der Waals surface area contributed by atoms with Gasteiger partial charge in [-0.2, -0.15) is 0 Å². The van der Waals surface area contributed by atoms with Crippen molar-refractivity contribution in [2.24, 2.45) is 0 Å². The van der Waals surface area contributed by atoms with E-state index in [1.165, 1.54) is 23.8 Å². The molecular formula is C30H26N2O4S3. The molecule has 0 aliphatic heterocycles. The molecule has 0 saturated carbocycles. The largest absolute Gasteiger partial charge is 0.256 e. The van der Waals surface area contributed by atoms with Crippen molar-refractivity contribution >= 4 is 53.6 Å². The van der Waals surface area contributed by atoms with Crippen molar-refractivity contribution in [1.82, 2.24) is 9.97 Å². The van der Waals surface area contributed by atoms with Gasteiger partial charge in [0.15, 0.2) is 19.7 Å². The van der Waals surface area contributed by atoms with Crippen LogP contribution in [0.3, 0.4) is 0 Å². The normalized spacial score (nSPS) is 13.5. The lowest BCUT2D eigenvalue weighted by atomic mass is 9.95. The SMILES string of the molecule is CC(c1cc(-c2cccc(/C=C(\c3ccc(S(C)(=O)=O)cc3)c3nccs3)c2)c2ncccc2c1)S(C)(=O)=O. The summed E-state index contributed by atoms with van der Waals surface area (Å²) in [6, 6.07) is 22.3. The standard InChI is InChI=1S/C30H26N2O4S3/c1-20(38(2,33)34)25-18-24-8-5-13-31-29(24)27(19-25)23-7-4-6-21(16-23)17-28(30-32-14-15-37-30)22-9-11-26(12-10-22)39(3,35)36/h4-20H,1-3H3/b28-17+. The smallest absolute Gasteiger partial charge is 0.175 e. The third kappa shape index (κ3) is 5.85. The highest BCUT2D eigenvalue weighted by Crippen LogP contribution is 2.35. The summed E-state index contributed by atoms with van der Waals surface area (Å²) in [5, 5.41) is 2.92. The molecule has 0 amide bonds. The highest BCUT2D eigenvalue weighted by molar-refractivity contribution is 7.91. The van der Waals surface area contributed by atoms with E-state index >= 15 is 0 Å². The molecule has 0 aliphatic rings. The Morgan fingerprint density at radius 1 is 0.872 bits per heavy atom. The van der Waals surface area contributed by atoms with Crippen LogP contribution in [-0.2, 0) is 19.7 Å². The summed E-state index contributed by atoms with van der Waals surface area (Å²) in [6.45, 7) is 1.70. The van der Waals surface area contributed by atoms with Crippen molar-refractivity contribution in [2.45, 2.75) is 17.1 Å². The molecule has 9 heteroatoms. The van der Waals surface area contributed by atoms with Crippen LogP contribution < -0.4 is 0 Å². The summed E-state index contributed by atoms with van der Waals surface area (Å²) in [4.78, 5) is 9.36. The van der Waals surface area contributed by atoms with Gasteiger partial charge in [-0.25, -0.2) is 21.8 Å². The highest BCUT2D eigenvalue weighted by atomic mass is 32.2. The lowest BCUT2D eigenvalue weighted by Gasteiger charge is -2.15. The van der Waals surface area contributed by atoms with Gasteiger partial charge in [-0.05, 0) is 71.7 Å². The van der Waals surface area contributed by atoms with Crippen LogP contribution in [0.4, 0.5) is 0 Å². The van der Waals surface area contributed by atoms with E-state index in [0.717, 1.165) is 43.7 Å². The molecule has 0 spiro atoms. The molecule has 0 fully saturated rings. The van der Waals surface area contributed by atoms with E-state index in [1.807, 2.05) is 60.0 Å². The van der Waals surface area contributed by atoms with Crippen LogP contribution in [0.25, 0.3) is 33.7 Å². The van der Waals surface area contributed by atoms with Gasteiger partial charge in [-0.15, -0.1) is 11.3 Å². The molecule has 198 valence electrons. The van der Waals surface area contributed by atoms with E-state index in [4.69, 9.17) is 0 Å². The van der Waals surface area contributed by atoms with Crippen molar-refractivity contribution in [2.75, 3.05) is 12.5 Å². The minimum atomic E-state index is -3.31. The topological polar surface area (TPSA) is 94.1 Å². The van der Waals surface area contributed by atoms with Crippen LogP contribution in [0, 0.1) is 0 Å². The van der Waals surface area contributed by atoms with E-state index in [1.54, 1.807) is 43.6 Å². The zero-order chi connectivity index (χ0) is 27.8. The first-order chi connectivity index (χ1) is 18.5. The molecule has 5 aromatic rings. The van der Waals surface area contributed by atoms with Crippen LogP contribution in [0.15, 0.2) is 95.5 Å². The number of fused-ring (bicyclic) bond motifs is 1. The predicted molar refractivity (Wildman–Crippen MR) is 159 cm³/mol. The Kier molecular flexibility index (Phi) is 7.24. The first kappa shape index (κ1) is 26.9. The third-order valence-corrected chi connectivity index (χ3v) is 10.1. The summed E-state index contributed by atoms with van der Waals surface area (Å²) < 4.78 is 48.6. The van der Waals surface area contributed by atoms with E-state index < -0.39 is 24.9 Å². The predicted octanol–water partition coefficient (Wildman–Crippen LogP) is 6.46. The number of hydrogen-bond donors (Lipinski definition) is 0. The van der Waals surface area contributed by atoms with Crippen LogP contribution in [0.2, 0.25) is 0 Å². The van der Waals surface area contributed by atoms with Gasteiger partial charge in [0.1, 0.15) is 5.01 Å². The van der Waals surface area contributed by atoms with E-state index in [2.05, 4.69) is 9.97 Å². The fourth-order valence-corrected chi connectivity index (χ4v) is 6.32. The number of benzene rings is 3. The number of pyridine rings is 1. The quantitative estimate of drug-likeness (QED) is 0.207. The Morgan fingerprint density at radius 3 is 2.31 bits per heavy atom. The molecule has 1 atom stereocenters. The Balaban J connectivity index is 1.65. The second-order valence-corrected chi connectivity index (χ2v) is 14.7. The molecule has 5 rings (SSSR count). The van der Waals surface area contributed by atoms with Crippen molar-refractivity contribution in [3.05, 3.63) is 112 Å². The minimum Gasteiger partial charge on any atom is -0.256 e. The maximum Gasteiger partial charge on any atom is 0.175 e. The molecule has 6 nitrogen and oxygen atoms in total. The van der Waals surface area contributed by atoms with Gasteiger partial charge in [0.25, 0.3) is 0 Å². The average Bonchev–Trinajstić information content (AvgIpc) is 3.45. The number of hydrogen-bond acceptors (Lipinski definition) is 7. The number of sulfone groups is 2. The highest BCUT2D eigenvalue weighted by Gasteiger charge is 2.20. The summed E-state index contributed by atoms with van der Waals surface area (Å²) in [5.41, 5.74) is 5.88. The number of aromatic nitrogens is 2. The lowest BCUT2D eigenvalue weighted by Crippen LogP contribution is -2.08. The molecule has 2 heterocycles. The average molecular weight is 575 g/mol. The summed E-state index contributed by atoms with van der Waals surface area (Å²) in [6.07, 6.45) is 7.93. The fraction of sp³-hybridized carbons (Fsp3) is 0.133. The van der Waals surface area contributed by atoms with Crippen LogP contribution in [0.5, 0.6) is 0 Å². The molecule has 0 saturated heterocycles. The molecule has 3 aromatic carbocycles. The molecule has 1 unspecified atom stereocenters. The number of thiazole rings is 1. The van der Waals surface area contributed by atoms with E-state index in [0.29, 0.717) is 5.56 Å².